The normalized spacial score (nSPS) is 16.1. The number of carbonyl (C=O) groups is 2. The second kappa shape index (κ2) is 11.3. The molecule has 0 aromatic heterocycles. The molecule has 1 saturated heterocycles. The highest BCUT2D eigenvalue weighted by molar-refractivity contribution is 5.90. The first-order valence-electron chi connectivity index (χ1n) is 11.0. The quantitative estimate of drug-likeness (QED) is 0.644. The van der Waals surface area contributed by atoms with E-state index in [-0.39, 0.29) is 18.5 Å². The Morgan fingerprint density at radius 2 is 1.82 bits per heavy atom. The molecule has 2 aromatic rings. The van der Waals surface area contributed by atoms with E-state index in [2.05, 4.69) is 16.7 Å². The molecule has 0 radical (unpaired) electrons. The van der Waals surface area contributed by atoms with E-state index in [0.717, 1.165) is 5.56 Å². The summed E-state index contributed by atoms with van der Waals surface area (Å²) in [5.74, 6) is 0.480. The van der Waals surface area contributed by atoms with Crippen molar-refractivity contribution in [3.05, 3.63) is 47.5 Å². The fourth-order valence-electron chi connectivity index (χ4n) is 4.02. The van der Waals surface area contributed by atoms with Crippen LogP contribution in [0.1, 0.15) is 30.0 Å². The lowest BCUT2D eigenvalue weighted by atomic mass is 9.96. The summed E-state index contributed by atoms with van der Waals surface area (Å²) in [6.45, 7) is 2.80. The molecule has 2 unspecified atom stereocenters. The molecule has 9 heteroatoms. The summed E-state index contributed by atoms with van der Waals surface area (Å²) in [5.41, 5.74) is 2.27. The highest BCUT2D eigenvalue weighted by Gasteiger charge is 2.30. The molecule has 0 bridgehead atoms. The molecule has 1 fully saturated rings. The minimum absolute atomic E-state index is 0.246. The summed E-state index contributed by atoms with van der Waals surface area (Å²) >= 11 is 0. The number of likely N-dealkylation sites (tertiary alicyclic amines) is 1. The van der Waals surface area contributed by atoms with Crippen molar-refractivity contribution in [3.63, 3.8) is 0 Å². The van der Waals surface area contributed by atoms with E-state index < -0.39 is 12.0 Å². The predicted octanol–water partition coefficient (Wildman–Crippen LogP) is 3.65. The molecule has 0 aliphatic carbocycles. The van der Waals surface area contributed by atoms with Crippen molar-refractivity contribution in [3.8, 4) is 23.3 Å². The van der Waals surface area contributed by atoms with E-state index in [1.165, 1.54) is 21.3 Å². The number of urea groups is 1. The standard InChI is InChI=1S/C25H30N4O5/c1-16-7-5-9-19(11-16)27-25(31)29-10-6-8-17(15-29)24(30)28-20(14-26)18-12-21(32-2)23(34-4)22(13-18)33-3/h5,7,9,11-13,17,20H,6,8,10,15H2,1-4H3,(H,27,31)(H,28,30). The van der Waals surface area contributed by atoms with E-state index in [1.54, 1.807) is 17.0 Å². The molecule has 3 rings (SSSR count). The summed E-state index contributed by atoms with van der Waals surface area (Å²) in [4.78, 5) is 27.4. The fourth-order valence-corrected chi connectivity index (χ4v) is 4.02. The van der Waals surface area contributed by atoms with Crippen LogP contribution < -0.4 is 24.8 Å². The van der Waals surface area contributed by atoms with Gasteiger partial charge in [-0.15, -0.1) is 0 Å². The topological polar surface area (TPSA) is 113 Å². The maximum atomic E-state index is 13.0. The zero-order valence-electron chi connectivity index (χ0n) is 19.9. The maximum Gasteiger partial charge on any atom is 0.321 e. The third kappa shape index (κ3) is 5.70. The van der Waals surface area contributed by atoms with Crippen LogP contribution in [0.3, 0.4) is 0 Å². The molecule has 0 saturated carbocycles. The summed E-state index contributed by atoms with van der Waals surface area (Å²) in [6.07, 6.45) is 1.33. The van der Waals surface area contributed by atoms with Crippen LogP contribution in [-0.4, -0.2) is 51.3 Å². The van der Waals surface area contributed by atoms with Gasteiger partial charge in [0.2, 0.25) is 11.7 Å². The molecule has 2 N–H and O–H groups in total. The number of nitrogens with zero attached hydrogens (tertiary/aromatic N) is 2. The number of aryl methyl sites for hydroxylation is 1. The zero-order valence-corrected chi connectivity index (χ0v) is 19.9. The fraction of sp³-hybridized carbons (Fsp3) is 0.400. The summed E-state index contributed by atoms with van der Waals surface area (Å²) < 4.78 is 16.0. The van der Waals surface area contributed by atoms with Crippen molar-refractivity contribution in [2.75, 3.05) is 39.7 Å². The largest absolute Gasteiger partial charge is 0.493 e. The lowest BCUT2D eigenvalue weighted by molar-refractivity contribution is -0.126. The average molecular weight is 467 g/mol. The number of hydrogen-bond donors (Lipinski definition) is 2. The molecule has 2 atom stereocenters. The highest BCUT2D eigenvalue weighted by atomic mass is 16.5. The maximum absolute atomic E-state index is 13.0. The number of piperidine rings is 1. The van der Waals surface area contributed by atoms with Gasteiger partial charge < -0.3 is 29.7 Å². The molecule has 1 aliphatic rings. The van der Waals surface area contributed by atoms with Gasteiger partial charge in [0.25, 0.3) is 0 Å². The Morgan fingerprint density at radius 1 is 1.12 bits per heavy atom. The molecule has 2 aromatic carbocycles. The number of nitrogens with one attached hydrogen (secondary N) is 2. The molecule has 1 aliphatic heterocycles. The first-order valence-corrected chi connectivity index (χ1v) is 11.0. The molecule has 0 spiro atoms. The lowest BCUT2D eigenvalue weighted by Gasteiger charge is -2.32. The summed E-state index contributed by atoms with van der Waals surface area (Å²) in [7, 11) is 4.46. The molecule has 34 heavy (non-hydrogen) atoms. The summed E-state index contributed by atoms with van der Waals surface area (Å²) in [5, 5.41) is 15.4. The van der Waals surface area contributed by atoms with Crippen LogP contribution in [-0.2, 0) is 4.79 Å². The Balaban J connectivity index is 1.69. The van der Waals surface area contributed by atoms with E-state index in [9.17, 15) is 14.9 Å². The van der Waals surface area contributed by atoms with Gasteiger partial charge in [0, 0.05) is 18.8 Å². The number of benzene rings is 2. The van der Waals surface area contributed by atoms with Crippen LogP contribution in [0.25, 0.3) is 0 Å². The Hall–Kier alpha value is -3.93. The first-order chi connectivity index (χ1) is 16.4. The molecule has 1 heterocycles. The number of carbonyl (C=O) groups excluding carboxylic acids is 2. The van der Waals surface area contributed by atoms with Gasteiger partial charge in [-0.2, -0.15) is 5.26 Å². The number of anilines is 1. The van der Waals surface area contributed by atoms with Crippen LogP contribution in [0.15, 0.2) is 36.4 Å². The van der Waals surface area contributed by atoms with Gasteiger partial charge >= 0.3 is 6.03 Å². The van der Waals surface area contributed by atoms with Crippen molar-refractivity contribution >= 4 is 17.6 Å². The molecular formula is C25H30N4O5. The molecule has 180 valence electrons. The van der Waals surface area contributed by atoms with Crippen molar-refractivity contribution in [1.82, 2.24) is 10.2 Å². The molecule has 3 amide bonds. The Labute approximate surface area is 199 Å². The zero-order chi connectivity index (χ0) is 24.7. The minimum Gasteiger partial charge on any atom is -0.493 e. The Bertz CT molecular complexity index is 1060. The predicted molar refractivity (Wildman–Crippen MR) is 127 cm³/mol. The van der Waals surface area contributed by atoms with Crippen molar-refractivity contribution in [1.29, 1.82) is 5.26 Å². The highest BCUT2D eigenvalue weighted by Crippen LogP contribution is 2.39. The summed E-state index contributed by atoms with van der Waals surface area (Å²) in [6, 6.07) is 11.8. The number of hydrogen-bond acceptors (Lipinski definition) is 6. The van der Waals surface area contributed by atoms with Crippen LogP contribution in [0.4, 0.5) is 10.5 Å². The number of nitriles is 1. The molecule has 9 nitrogen and oxygen atoms in total. The van der Waals surface area contributed by atoms with Crippen molar-refractivity contribution in [2.24, 2.45) is 5.92 Å². The third-order valence-corrected chi connectivity index (χ3v) is 5.78. The Kier molecular flexibility index (Phi) is 8.19. The van der Waals surface area contributed by atoms with Gasteiger partial charge in [-0.1, -0.05) is 12.1 Å². The third-order valence-electron chi connectivity index (χ3n) is 5.78. The second-order valence-corrected chi connectivity index (χ2v) is 8.11. The van der Waals surface area contributed by atoms with Crippen LogP contribution in [0.5, 0.6) is 17.2 Å². The van der Waals surface area contributed by atoms with E-state index in [1.807, 2.05) is 31.2 Å². The van der Waals surface area contributed by atoms with Crippen LogP contribution >= 0.6 is 0 Å². The van der Waals surface area contributed by atoms with Crippen LogP contribution in [0, 0.1) is 24.2 Å². The van der Waals surface area contributed by atoms with Gasteiger partial charge in [0.1, 0.15) is 6.04 Å². The van der Waals surface area contributed by atoms with Gasteiger partial charge in [0.15, 0.2) is 11.5 Å². The second-order valence-electron chi connectivity index (χ2n) is 8.11. The number of ether oxygens (including phenoxy) is 3. The van der Waals surface area contributed by atoms with Gasteiger partial charge in [-0.25, -0.2) is 4.79 Å². The lowest BCUT2D eigenvalue weighted by Crippen LogP contribution is -2.47. The van der Waals surface area contributed by atoms with Crippen LogP contribution in [0.2, 0.25) is 0 Å². The SMILES string of the molecule is COc1cc(C(C#N)NC(=O)C2CCCN(C(=O)Nc3cccc(C)c3)C2)cc(OC)c1OC. The Morgan fingerprint density at radius 3 is 2.41 bits per heavy atom. The number of amides is 3. The van der Waals surface area contributed by atoms with Crippen molar-refractivity contribution < 1.29 is 23.8 Å². The monoisotopic (exact) mass is 466 g/mol. The smallest absolute Gasteiger partial charge is 0.321 e. The van der Waals surface area contributed by atoms with Gasteiger partial charge in [-0.3, -0.25) is 4.79 Å². The number of rotatable bonds is 7. The van der Waals surface area contributed by atoms with Crippen molar-refractivity contribution in [2.45, 2.75) is 25.8 Å². The van der Waals surface area contributed by atoms with E-state index >= 15 is 0 Å². The average Bonchev–Trinajstić information content (AvgIpc) is 2.86. The van der Waals surface area contributed by atoms with Gasteiger partial charge in [0.05, 0.1) is 33.3 Å². The number of methoxy groups -OCH3 is 3. The van der Waals surface area contributed by atoms with E-state index in [0.29, 0.717) is 47.9 Å². The minimum atomic E-state index is -0.919. The van der Waals surface area contributed by atoms with E-state index in [4.69, 9.17) is 14.2 Å². The molecular weight excluding hydrogens is 436 g/mol. The first kappa shape index (κ1) is 24.7. The van der Waals surface area contributed by atoms with Gasteiger partial charge in [-0.05, 0) is 55.2 Å².